The zero-order valence-corrected chi connectivity index (χ0v) is 16.9. The summed E-state index contributed by atoms with van der Waals surface area (Å²) in [5, 5.41) is 12.3. The first-order valence-electron chi connectivity index (χ1n) is 9.58. The molecule has 27 heavy (non-hydrogen) atoms. The molecule has 2 atom stereocenters. The number of para-hydroxylation sites is 1. The lowest BCUT2D eigenvalue weighted by Crippen LogP contribution is -2.55. The van der Waals surface area contributed by atoms with Crippen LogP contribution in [-0.4, -0.2) is 39.0 Å². The Hall–Kier alpha value is -2.27. The number of carbonyl (C=O) groups excluding carboxylic acids is 1. The average molecular weight is 370 g/mol. The third kappa shape index (κ3) is 3.48. The molecule has 0 unspecified atom stereocenters. The standard InChI is InChI=1S/C22H30N2O3/c1-15(2)9-8-13-21(4)22(5,26)24(20(25)27-21)14-12-17-16(3)23-19-11-7-6-10-18(17)19/h6-7,9-11,23,26H,8,12-14H2,1-5H3/t21-,22+/m0/s1. The first-order valence-corrected chi connectivity index (χ1v) is 9.58. The third-order valence-corrected chi connectivity index (χ3v) is 5.85. The molecule has 0 saturated carbocycles. The number of allylic oxidation sites excluding steroid dienone is 2. The lowest BCUT2D eigenvalue weighted by Gasteiger charge is -2.37. The second kappa shape index (κ2) is 7.04. The van der Waals surface area contributed by atoms with Gasteiger partial charge in [-0.05, 0) is 65.5 Å². The molecule has 1 aromatic carbocycles. The smallest absolute Gasteiger partial charge is 0.412 e. The van der Waals surface area contributed by atoms with Crippen LogP contribution >= 0.6 is 0 Å². The molecule has 0 spiro atoms. The van der Waals surface area contributed by atoms with Crippen molar-refractivity contribution in [3.05, 3.63) is 47.2 Å². The molecule has 3 rings (SSSR count). The number of hydrogen-bond acceptors (Lipinski definition) is 3. The summed E-state index contributed by atoms with van der Waals surface area (Å²) in [5.41, 5.74) is 2.30. The zero-order valence-electron chi connectivity index (χ0n) is 16.9. The summed E-state index contributed by atoms with van der Waals surface area (Å²) in [4.78, 5) is 17.4. The Kier molecular flexibility index (Phi) is 5.08. The van der Waals surface area contributed by atoms with Gasteiger partial charge in [-0.2, -0.15) is 0 Å². The van der Waals surface area contributed by atoms with E-state index in [9.17, 15) is 9.90 Å². The molecule has 0 radical (unpaired) electrons. The van der Waals surface area contributed by atoms with Gasteiger partial charge in [0.2, 0.25) is 0 Å². The quantitative estimate of drug-likeness (QED) is 0.725. The number of carbonyl (C=O) groups is 1. The Bertz CT molecular complexity index is 877. The van der Waals surface area contributed by atoms with Gasteiger partial charge in [0.25, 0.3) is 0 Å². The topological polar surface area (TPSA) is 65.6 Å². The van der Waals surface area contributed by atoms with Crippen molar-refractivity contribution in [3.63, 3.8) is 0 Å². The fourth-order valence-electron chi connectivity index (χ4n) is 3.92. The number of aromatic nitrogens is 1. The van der Waals surface area contributed by atoms with E-state index in [2.05, 4.69) is 17.1 Å². The molecule has 2 heterocycles. The highest BCUT2D eigenvalue weighted by molar-refractivity contribution is 5.84. The number of fused-ring (bicyclic) bond motifs is 1. The SMILES string of the molecule is CC(C)=CCC[C@]1(C)OC(=O)N(CCc2c(C)[nH]c3ccccc23)[C@]1(C)O. The fraction of sp³-hybridized carbons (Fsp3) is 0.500. The second-order valence-corrected chi connectivity index (χ2v) is 8.12. The number of hydrogen-bond donors (Lipinski definition) is 2. The fourth-order valence-corrected chi connectivity index (χ4v) is 3.92. The summed E-state index contributed by atoms with van der Waals surface area (Å²) in [7, 11) is 0. The molecule has 2 aromatic rings. The highest BCUT2D eigenvalue weighted by atomic mass is 16.6. The van der Waals surface area contributed by atoms with Gasteiger partial charge in [-0.15, -0.1) is 0 Å². The van der Waals surface area contributed by atoms with Gasteiger partial charge < -0.3 is 14.8 Å². The molecular formula is C22H30N2O3. The second-order valence-electron chi connectivity index (χ2n) is 8.12. The average Bonchev–Trinajstić information content (AvgIpc) is 2.97. The monoisotopic (exact) mass is 370 g/mol. The van der Waals surface area contributed by atoms with Crippen LogP contribution in [0.3, 0.4) is 0 Å². The number of amides is 1. The van der Waals surface area contributed by atoms with E-state index in [-0.39, 0.29) is 0 Å². The first-order chi connectivity index (χ1) is 12.7. The predicted octanol–water partition coefficient (Wildman–Crippen LogP) is 4.68. The van der Waals surface area contributed by atoms with Crippen molar-refractivity contribution in [2.45, 2.75) is 65.2 Å². The van der Waals surface area contributed by atoms with Gasteiger partial charge in [0.1, 0.15) is 0 Å². The van der Waals surface area contributed by atoms with Gasteiger partial charge in [-0.25, -0.2) is 4.79 Å². The van der Waals surface area contributed by atoms with Crippen LogP contribution in [0.5, 0.6) is 0 Å². The third-order valence-electron chi connectivity index (χ3n) is 5.85. The van der Waals surface area contributed by atoms with Crippen molar-refractivity contribution in [2.75, 3.05) is 6.54 Å². The van der Waals surface area contributed by atoms with E-state index in [1.165, 1.54) is 16.0 Å². The van der Waals surface area contributed by atoms with E-state index in [1.807, 2.05) is 45.9 Å². The molecule has 1 amide bonds. The molecule has 5 nitrogen and oxygen atoms in total. The number of nitrogens with zero attached hydrogens (tertiary/aromatic N) is 1. The van der Waals surface area contributed by atoms with E-state index in [0.29, 0.717) is 19.4 Å². The maximum absolute atomic E-state index is 12.5. The largest absolute Gasteiger partial charge is 0.438 e. The minimum atomic E-state index is -1.35. The van der Waals surface area contributed by atoms with Crippen LogP contribution in [0.15, 0.2) is 35.9 Å². The maximum atomic E-state index is 12.5. The summed E-state index contributed by atoms with van der Waals surface area (Å²) in [5.74, 6) is 0. The molecule has 1 aromatic heterocycles. The van der Waals surface area contributed by atoms with Crippen LogP contribution in [0.4, 0.5) is 4.79 Å². The molecule has 1 aliphatic rings. The van der Waals surface area contributed by atoms with E-state index in [1.54, 1.807) is 6.92 Å². The lowest BCUT2D eigenvalue weighted by molar-refractivity contribution is -0.138. The molecule has 1 aliphatic heterocycles. The Morgan fingerprint density at radius 3 is 2.70 bits per heavy atom. The number of aryl methyl sites for hydroxylation is 1. The Labute approximate surface area is 161 Å². The van der Waals surface area contributed by atoms with Crippen molar-refractivity contribution in [1.29, 1.82) is 0 Å². The van der Waals surface area contributed by atoms with Gasteiger partial charge in [0.15, 0.2) is 11.3 Å². The number of benzene rings is 1. The van der Waals surface area contributed by atoms with Crippen molar-refractivity contribution in [1.82, 2.24) is 9.88 Å². The van der Waals surface area contributed by atoms with Crippen LogP contribution in [0.2, 0.25) is 0 Å². The predicted molar refractivity (Wildman–Crippen MR) is 108 cm³/mol. The number of ether oxygens (including phenoxy) is 1. The minimum absolute atomic E-state index is 0.409. The molecule has 1 fully saturated rings. The van der Waals surface area contributed by atoms with Crippen LogP contribution in [0.1, 0.15) is 51.8 Å². The maximum Gasteiger partial charge on any atom is 0.412 e. The highest BCUT2D eigenvalue weighted by Gasteiger charge is 2.58. The summed E-state index contributed by atoms with van der Waals surface area (Å²) < 4.78 is 5.65. The number of aliphatic hydroxyl groups is 1. The van der Waals surface area contributed by atoms with Crippen molar-refractivity contribution in [3.8, 4) is 0 Å². The van der Waals surface area contributed by atoms with Crippen LogP contribution in [0, 0.1) is 6.92 Å². The van der Waals surface area contributed by atoms with Gasteiger partial charge in [-0.1, -0.05) is 29.8 Å². The summed E-state index contributed by atoms with van der Waals surface area (Å²) >= 11 is 0. The number of cyclic esters (lactones) is 1. The van der Waals surface area contributed by atoms with E-state index in [0.717, 1.165) is 23.0 Å². The lowest BCUT2D eigenvalue weighted by atomic mass is 9.88. The van der Waals surface area contributed by atoms with E-state index in [4.69, 9.17) is 4.74 Å². The number of rotatable bonds is 6. The van der Waals surface area contributed by atoms with E-state index < -0.39 is 17.4 Å². The Morgan fingerprint density at radius 1 is 1.30 bits per heavy atom. The summed E-state index contributed by atoms with van der Waals surface area (Å²) in [6.07, 6.45) is 3.66. The normalized spacial score (nSPS) is 25.1. The van der Waals surface area contributed by atoms with E-state index >= 15 is 0 Å². The zero-order chi connectivity index (χ0) is 19.8. The minimum Gasteiger partial charge on any atom is -0.438 e. The van der Waals surface area contributed by atoms with Crippen molar-refractivity contribution >= 4 is 17.0 Å². The molecule has 0 bridgehead atoms. The molecular weight excluding hydrogens is 340 g/mol. The Balaban J connectivity index is 1.77. The van der Waals surface area contributed by atoms with Gasteiger partial charge >= 0.3 is 6.09 Å². The van der Waals surface area contributed by atoms with Crippen LogP contribution in [-0.2, 0) is 11.2 Å². The van der Waals surface area contributed by atoms with Crippen LogP contribution < -0.4 is 0 Å². The van der Waals surface area contributed by atoms with Crippen molar-refractivity contribution in [2.24, 2.45) is 0 Å². The van der Waals surface area contributed by atoms with Gasteiger partial charge in [-0.3, -0.25) is 4.90 Å². The molecule has 1 saturated heterocycles. The first kappa shape index (κ1) is 19.5. The van der Waals surface area contributed by atoms with Gasteiger partial charge in [0.05, 0.1) is 0 Å². The molecule has 0 aliphatic carbocycles. The number of aromatic amines is 1. The number of H-pyrrole nitrogens is 1. The molecule has 5 heteroatoms. The highest BCUT2D eigenvalue weighted by Crippen LogP contribution is 2.41. The molecule has 2 N–H and O–H groups in total. The molecule has 146 valence electrons. The summed E-state index contributed by atoms with van der Waals surface area (Å²) in [6, 6.07) is 8.15. The van der Waals surface area contributed by atoms with Crippen LogP contribution in [0.25, 0.3) is 10.9 Å². The number of nitrogens with one attached hydrogen (secondary N) is 1. The van der Waals surface area contributed by atoms with Crippen molar-refractivity contribution < 1.29 is 14.6 Å². The van der Waals surface area contributed by atoms with Gasteiger partial charge in [0, 0.05) is 23.1 Å². The Morgan fingerprint density at radius 2 is 2.00 bits per heavy atom. The summed E-state index contributed by atoms with van der Waals surface area (Å²) in [6.45, 7) is 10.0.